The number of thiophene rings is 1. The Balaban J connectivity index is 2.05. The Hall–Kier alpha value is -2.39. The fraction of sp³-hybridized carbons (Fsp3) is 0.200. The van der Waals surface area contributed by atoms with Crippen LogP contribution in [0.3, 0.4) is 0 Å². The summed E-state index contributed by atoms with van der Waals surface area (Å²) >= 11 is 1.28. The smallest absolute Gasteiger partial charge is 0.261 e. The number of nitrogens with one attached hydrogen (secondary N) is 3. The maximum Gasteiger partial charge on any atom is 0.261 e. The summed E-state index contributed by atoms with van der Waals surface area (Å²) in [6.07, 6.45) is 1.02. The van der Waals surface area contributed by atoms with Crippen LogP contribution in [0, 0.1) is 0 Å². The minimum atomic E-state index is -3.47. The average Bonchev–Trinajstić information content (AvgIpc) is 3.02. The molecule has 1 heterocycles. The highest BCUT2D eigenvalue weighted by atomic mass is 32.2. The van der Waals surface area contributed by atoms with Gasteiger partial charge < -0.3 is 10.6 Å². The maximum absolute atomic E-state index is 12.2. The van der Waals surface area contributed by atoms with Crippen molar-refractivity contribution in [2.24, 2.45) is 0 Å². The number of amides is 2. The van der Waals surface area contributed by atoms with Crippen LogP contribution in [0.2, 0.25) is 0 Å². The fourth-order valence-corrected chi connectivity index (χ4v) is 3.07. The molecule has 7 nitrogen and oxygen atoms in total. The van der Waals surface area contributed by atoms with Crippen molar-refractivity contribution in [2.75, 3.05) is 16.3 Å². The first-order valence-electron chi connectivity index (χ1n) is 6.98. The first-order valence-corrected chi connectivity index (χ1v) is 9.75. The van der Waals surface area contributed by atoms with Gasteiger partial charge in [0.1, 0.15) is 6.04 Å². The van der Waals surface area contributed by atoms with E-state index < -0.39 is 22.0 Å². The Morgan fingerprint density at radius 2 is 1.75 bits per heavy atom. The normalized spacial score (nSPS) is 12.2. The van der Waals surface area contributed by atoms with E-state index in [1.165, 1.54) is 17.4 Å². The zero-order valence-electron chi connectivity index (χ0n) is 13.1. The molecule has 24 heavy (non-hydrogen) atoms. The van der Waals surface area contributed by atoms with Gasteiger partial charge in [0.15, 0.2) is 0 Å². The van der Waals surface area contributed by atoms with Crippen molar-refractivity contribution in [3.63, 3.8) is 0 Å². The third-order valence-electron chi connectivity index (χ3n) is 2.97. The SMILES string of the molecule is CC(NC(=O)c1cccs1)C(=O)Nc1ccccc1NS(C)(=O)=O. The highest BCUT2D eigenvalue weighted by Gasteiger charge is 2.18. The minimum absolute atomic E-state index is 0.255. The molecule has 1 unspecified atom stereocenters. The van der Waals surface area contributed by atoms with Gasteiger partial charge in [0, 0.05) is 0 Å². The first kappa shape index (κ1) is 18.0. The Morgan fingerprint density at radius 3 is 2.33 bits per heavy atom. The Bertz CT molecular complexity index is 832. The van der Waals surface area contributed by atoms with Crippen LogP contribution in [0.4, 0.5) is 11.4 Å². The second-order valence-electron chi connectivity index (χ2n) is 5.08. The molecule has 0 saturated heterocycles. The maximum atomic E-state index is 12.2. The van der Waals surface area contributed by atoms with Crippen molar-refractivity contribution in [1.29, 1.82) is 0 Å². The van der Waals surface area contributed by atoms with Crippen LogP contribution < -0.4 is 15.4 Å². The van der Waals surface area contributed by atoms with Crippen molar-refractivity contribution in [3.05, 3.63) is 46.7 Å². The molecule has 1 atom stereocenters. The van der Waals surface area contributed by atoms with Gasteiger partial charge in [0.25, 0.3) is 5.91 Å². The van der Waals surface area contributed by atoms with Crippen LogP contribution in [-0.2, 0) is 14.8 Å². The summed E-state index contributed by atoms with van der Waals surface area (Å²) in [6, 6.07) is 9.03. The van der Waals surface area contributed by atoms with Gasteiger partial charge in [-0.3, -0.25) is 14.3 Å². The Kier molecular flexibility index (Phi) is 5.58. The summed E-state index contributed by atoms with van der Waals surface area (Å²) in [7, 11) is -3.47. The number of benzene rings is 1. The fourth-order valence-electron chi connectivity index (χ4n) is 1.86. The molecule has 3 N–H and O–H groups in total. The van der Waals surface area contributed by atoms with E-state index in [0.717, 1.165) is 6.26 Å². The van der Waals surface area contributed by atoms with Crippen molar-refractivity contribution >= 4 is 44.5 Å². The summed E-state index contributed by atoms with van der Waals surface area (Å²) in [5.41, 5.74) is 0.565. The van der Waals surface area contributed by atoms with E-state index in [1.54, 1.807) is 42.6 Å². The minimum Gasteiger partial charge on any atom is -0.340 e. The molecule has 0 fully saturated rings. The third kappa shape index (κ3) is 5.07. The molecule has 2 amide bonds. The number of para-hydroxylation sites is 2. The molecular formula is C15H17N3O4S2. The predicted octanol–water partition coefficient (Wildman–Crippen LogP) is 1.88. The lowest BCUT2D eigenvalue weighted by Gasteiger charge is -2.16. The quantitative estimate of drug-likeness (QED) is 0.725. The largest absolute Gasteiger partial charge is 0.340 e. The molecule has 0 aliphatic rings. The van der Waals surface area contributed by atoms with Crippen molar-refractivity contribution in [2.45, 2.75) is 13.0 Å². The van der Waals surface area contributed by atoms with Crippen LogP contribution in [0.1, 0.15) is 16.6 Å². The van der Waals surface area contributed by atoms with Crippen LogP contribution in [0.25, 0.3) is 0 Å². The van der Waals surface area contributed by atoms with E-state index in [0.29, 0.717) is 10.6 Å². The average molecular weight is 367 g/mol. The Morgan fingerprint density at radius 1 is 1.08 bits per heavy atom. The van der Waals surface area contributed by atoms with Gasteiger partial charge in [-0.1, -0.05) is 18.2 Å². The van der Waals surface area contributed by atoms with Crippen molar-refractivity contribution in [3.8, 4) is 0 Å². The third-order valence-corrected chi connectivity index (χ3v) is 4.43. The van der Waals surface area contributed by atoms with Gasteiger partial charge in [-0.2, -0.15) is 0 Å². The van der Waals surface area contributed by atoms with Crippen molar-refractivity contribution < 1.29 is 18.0 Å². The first-order chi connectivity index (χ1) is 11.3. The van der Waals surface area contributed by atoms with Crippen LogP contribution >= 0.6 is 11.3 Å². The molecule has 1 aromatic heterocycles. The lowest BCUT2D eigenvalue weighted by Crippen LogP contribution is -2.41. The van der Waals surface area contributed by atoms with Gasteiger partial charge in [-0.15, -0.1) is 11.3 Å². The number of sulfonamides is 1. The highest BCUT2D eigenvalue weighted by molar-refractivity contribution is 7.92. The molecule has 0 bridgehead atoms. The van der Waals surface area contributed by atoms with E-state index >= 15 is 0 Å². The summed E-state index contributed by atoms with van der Waals surface area (Å²) in [5, 5.41) is 6.97. The second kappa shape index (κ2) is 7.45. The molecule has 0 spiro atoms. The number of hydrogen-bond acceptors (Lipinski definition) is 5. The van der Waals surface area contributed by atoms with E-state index in [4.69, 9.17) is 0 Å². The van der Waals surface area contributed by atoms with Gasteiger partial charge in [-0.05, 0) is 30.5 Å². The number of carbonyl (C=O) groups excluding carboxylic acids is 2. The molecule has 2 rings (SSSR count). The molecule has 0 aliphatic heterocycles. The number of carbonyl (C=O) groups is 2. The lowest BCUT2D eigenvalue weighted by molar-refractivity contribution is -0.117. The lowest BCUT2D eigenvalue weighted by atomic mass is 10.2. The molecule has 0 aliphatic carbocycles. The molecule has 1 aromatic carbocycles. The van der Waals surface area contributed by atoms with Crippen LogP contribution in [0.5, 0.6) is 0 Å². The van der Waals surface area contributed by atoms with E-state index in [1.807, 2.05) is 0 Å². The zero-order valence-corrected chi connectivity index (χ0v) is 14.7. The molecule has 0 radical (unpaired) electrons. The van der Waals surface area contributed by atoms with Crippen molar-refractivity contribution in [1.82, 2.24) is 5.32 Å². The summed E-state index contributed by atoms with van der Waals surface area (Å²) in [6.45, 7) is 1.55. The van der Waals surface area contributed by atoms with E-state index in [2.05, 4.69) is 15.4 Å². The summed E-state index contributed by atoms with van der Waals surface area (Å²) in [4.78, 5) is 24.7. The zero-order chi connectivity index (χ0) is 17.7. The monoisotopic (exact) mass is 367 g/mol. The Labute approximate surface area is 144 Å². The highest BCUT2D eigenvalue weighted by Crippen LogP contribution is 2.22. The standard InChI is InChI=1S/C15H17N3O4S2/c1-10(16-15(20)13-8-5-9-23-13)14(19)17-11-6-3-4-7-12(11)18-24(2,21)22/h3-10,18H,1-2H3,(H,16,20)(H,17,19). The van der Waals surface area contributed by atoms with Gasteiger partial charge >= 0.3 is 0 Å². The molecule has 0 saturated carbocycles. The van der Waals surface area contributed by atoms with Crippen LogP contribution in [0.15, 0.2) is 41.8 Å². The summed E-state index contributed by atoms with van der Waals surface area (Å²) in [5.74, 6) is -0.794. The molecule has 9 heteroatoms. The number of hydrogen-bond donors (Lipinski definition) is 3. The number of rotatable bonds is 6. The molecule has 128 valence electrons. The topological polar surface area (TPSA) is 104 Å². The van der Waals surface area contributed by atoms with Crippen LogP contribution in [-0.4, -0.2) is 32.5 Å². The second-order valence-corrected chi connectivity index (χ2v) is 7.78. The molecular weight excluding hydrogens is 350 g/mol. The summed E-state index contributed by atoms with van der Waals surface area (Å²) < 4.78 is 25.1. The van der Waals surface area contributed by atoms with Gasteiger partial charge in [0.2, 0.25) is 15.9 Å². The predicted molar refractivity (Wildman–Crippen MR) is 94.8 cm³/mol. The molecule has 2 aromatic rings. The van der Waals surface area contributed by atoms with Gasteiger partial charge in [0.05, 0.1) is 22.5 Å². The van der Waals surface area contributed by atoms with Gasteiger partial charge in [-0.25, -0.2) is 8.42 Å². The van der Waals surface area contributed by atoms with E-state index in [9.17, 15) is 18.0 Å². The van der Waals surface area contributed by atoms with E-state index in [-0.39, 0.29) is 11.6 Å². The number of anilines is 2.